The quantitative estimate of drug-likeness (QED) is 0.705. The summed E-state index contributed by atoms with van der Waals surface area (Å²) < 4.78 is 5.42. The van der Waals surface area contributed by atoms with Crippen LogP contribution in [0.25, 0.3) is 10.2 Å². The Morgan fingerprint density at radius 1 is 1.22 bits per heavy atom. The minimum Gasteiger partial charge on any atom is -0.379 e. The summed E-state index contributed by atoms with van der Waals surface area (Å²) in [4.78, 5) is 25.9. The molecule has 3 heterocycles. The molecular formula is C19H29N5O2S. The maximum atomic E-state index is 11.7. The van der Waals surface area contributed by atoms with Crippen molar-refractivity contribution >= 4 is 33.3 Å². The number of morpholine rings is 1. The van der Waals surface area contributed by atoms with E-state index in [2.05, 4.69) is 29.4 Å². The number of hydrogen-bond acceptors (Lipinski definition) is 7. The SMILES string of the molecule is Cc1sc2nc(CN3CCOCC3)nc(NCCNC(=O)C(C)C)c2c1C. The molecule has 0 bridgehead atoms. The number of aromatic nitrogens is 2. The number of anilines is 1. The molecule has 8 heteroatoms. The van der Waals surface area contributed by atoms with Crippen molar-refractivity contribution in [3.63, 3.8) is 0 Å². The Morgan fingerprint density at radius 2 is 1.96 bits per heavy atom. The van der Waals surface area contributed by atoms with Crippen LogP contribution in [0, 0.1) is 19.8 Å². The van der Waals surface area contributed by atoms with Gasteiger partial charge in [-0.1, -0.05) is 13.8 Å². The monoisotopic (exact) mass is 391 g/mol. The van der Waals surface area contributed by atoms with E-state index in [0.29, 0.717) is 13.1 Å². The number of ether oxygens (including phenoxy) is 1. The number of thiophene rings is 1. The van der Waals surface area contributed by atoms with Gasteiger partial charge in [0, 0.05) is 37.0 Å². The summed E-state index contributed by atoms with van der Waals surface area (Å²) in [5.74, 6) is 1.76. The molecule has 2 aromatic rings. The Morgan fingerprint density at radius 3 is 2.67 bits per heavy atom. The lowest BCUT2D eigenvalue weighted by molar-refractivity contribution is -0.123. The summed E-state index contributed by atoms with van der Waals surface area (Å²) in [5, 5.41) is 7.44. The third-order valence-corrected chi connectivity index (χ3v) is 5.89. The van der Waals surface area contributed by atoms with E-state index in [4.69, 9.17) is 14.7 Å². The molecule has 1 fully saturated rings. The molecule has 2 N–H and O–H groups in total. The van der Waals surface area contributed by atoms with Crippen LogP contribution >= 0.6 is 11.3 Å². The summed E-state index contributed by atoms with van der Waals surface area (Å²) in [6, 6.07) is 0. The van der Waals surface area contributed by atoms with Gasteiger partial charge < -0.3 is 15.4 Å². The highest BCUT2D eigenvalue weighted by Gasteiger charge is 2.17. The first-order chi connectivity index (χ1) is 13.0. The Bertz CT molecular complexity index is 799. The summed E-state index contributed by atoms with van der Waals surface area (Å²) in [7, 11) is 0. The molecule has 1 aliphatic rings. The molecule has 0 aliphatic carbocycles. The average Bonchev–Trinajstić information content (AvgIpc) is 2.93. The van der Waals surface area contributed by atoms with E-state index in [1.54, 1.807) is 11.3 Å². The van der Waals surface area contributed by atoms with Crippen molar-refractivity contribution in [2.24, 2.45) is 5.92 Å². The summed E-state index contributed by atoms with van der Waals surface area (Å²) in [6.07, 6.45) is 0. The largest absolute Gasteiger partial charge is 0.379 e. The lowest BCUT2D eigenvalue weighted by Gasteiger charge is -2.25. The van der Waals surface area contributed by atoms with E-state index in [1.807, 2.05) is 13.8 Å². The van der Waals surface area contributed by atoms with Gasteiger partial charge in [-0.05, 0) is 19.4 Å². The molecular weight excluding hydrogens is 362 g/mol. The Kier molecular flexibility index (Phi) is 6.62. The lowest BCUT2D eigenvalue weighted by atomic mass is 10.2. The van der Waals surface area contributed by atoms with Crippen molar-refractivity contribution in [1.82, 2.24) is 20.2 Å². The fourth-order valence-corrected chi connectivity index (χ4v) is 4.07. The molecule has 0 unspecified atom stereocenters. The van der Waals surface area contributed by atoms with Gasteiger partial charge in [-0.25, -0.2) is 9.97 Å². The molecule has 7 nitrogen and oxygen atoms in total. The number of rotatable bonds is 7. The van der Waals surface area contributed by atoms with Gasteiger partial charge in [0.25, 0.3) is 0 Å². The van der Waals surface area contributed by atoms with Crippen molar-refractivity contribution in [2.45, 2.75) is 34.2 Å². The van der Waals surface area contributed by atoms with Crippen LogP contribution in [0.15, 0.2) is 0 Å². The highest BCUT2D eigenvalue weighted by molar-refractivity contribution is 7.18. The van der Waals surface area contributed by atoms with Gasteiger partial charge in [-0.2, -0.15) is 0 Å². The third kappa shape index (κ3) is 4.94. The zero-order chi connectivity index (χ0) is 19.4. The van der Waals surface area contributed by atoms with Crippen LogP contribution in [-0.4, -0.2) is 60.2 Å². The highest BCUT2D eigenvalue weighted by Crippen LogP contribution is 2.33. The molecule has 0 spiro atoms. The van der Waals surface area contributed by atoms with Crippen molar-refractivity contribution in [3.8, 4) is 0 Å². The Hall–Kier alpha value is -1.77. The van der Waals surface area contributed by atoms with Crippen molar-refractivity contribution in [1.29, 1.82) is 0 Å². The number of hydrogen-bond donors (Lipinski definition) is 2. The maximum absolute atomic E-state index is 11.7. The molecule has 148 valence electrons. The van der Waals surface area contributed by atoms with Crippen LogP contribution in [0.1, 0.15) is 30.1 Å². The highest BCUT2D eigenvalue weighted by atomic mass is 32.1. The van der Waals surface area contributed by atoms with Gasteiger partial charge in [0.05, 0.1) is 25.1 Å². The second kappa shape index (κ2) is 8.95. The molecule has 1 aliphatic heterocycles. The normalized spacial score (nSPS) is 15.4. The van der Waals surface area contributed by atoms with Gasteiger partial charge in [0.15, 0.2) is 0 Å². The molecule has 27 heavy (non-hydrogen) atoms. The predicted octanol–water partition coefficient (Wildman–Crippen LogP) is 2.32. The van der Waals surface area contributed by atoms with Crippen LogP contribution in [0.3, 0.4) is 0 Å². The summed E-state index contributed by atoms with van der Waals surface area (Å²) >= 11 is 1.71. The fraction of sp³-hybridized carbons (Fsp3) is 0.632. The van der Waals surface area contributed by atoms with E-state index in [0.717, 1.165) is 54.7 Å². The molecule has 0 saturated carbocycles. The van der Waals surface area contributed by atoms with Crippen molar-refractivity contribution in [3.05, 3.63) is 16.3 Å². The second-order valence-electron chi connectivity index (χ2n) is 7.21. The number of fused-ring (bicyclic) bond motifs is 1. The van der Waals surface area contributed by atoms with Crippen LogP contribution in [0.4, 0.5) is 5.82 Å². The minimum atomic E-state index is -0.00218. The van der Waals surface area contributed by atoms with Crippen molar-refractivity contribution < 1.29 is 9.53 Å². The number of carbonyl (C=O) groups is 1. The smallest absolute Gasteiger partial charge is 0.222 e. The molecule has 0 aromatic carbocycles. The molecule has 0 atom stereocenters. The minimum absolute atomic E-state index is 0.00218. The van der Waals surface area contributed by atoms with Crippen LogP contribution in [0.5, 0.6) is 0 Å². The first-order valence-corrected chi connectivity index (χ1v) is 10.4. The number of nitrogens with one attached hydrogen (secondary N) is 2. The average molecular weight is 392 g/mol. The summed E-state index contributed by atoms with van der Waals surface area (Å²) in [6.45, 7) is 13.3. The third-order valence-electron chi connectivity index (χ3n) is 4.78. The lowest BCUT2D eigenvalue weighted by Crippen LogP contribution is -2.36. The van der Waals surface area contributed by atoms with E-state index >= 15 is 0 Å². The Labute approximate surface area is 164 Å². The van der Waals surface area contributed by atoms with Gasteiger partial charge in [0.2, 0.25) is 5.91 Å². The van der Waals surface area contributed by atoms with Crippen LogP contribution in [-0.2, 0) is 16.1 Å². The standard InChI is InChI=1S/C19H29N5O2S/c1-12(2)18(25)21-6-5-20-17-16-13(3)14(4)27-19(16)23-15(22-17)11-24-7-9-26-10-8-24/h12H,5-11H2,1-4H3,(H,21,25)(H,20,22,23). The molecule has 1 amide bonds. The zero-order valence-corrected chi connectivity index (χ0v) is 17.4. The van der Waals surface area contributed by atoms with Gasteiger partial charge in [0.1, 0.15) is 16.5 Å². The second-order valence-corrected chi connectivity index (χ2v) is 8.42. The van der Waals surface area contributed by atoms with Crippen LogP contribution < -0.4 is 10.6 Å². The molecule has 0 radical (unpaired) electrons. The van der Waals surface area contributed by atoms with Crippen LogP contribution in [0.2, 0.25) is 0 Å². The van der Waals surface area contributed by atoms with E-state index in [1.165, 1.54) is 10.4 Å². The van der Waals surface area contributed by atoms with E-state index in [9.17, 15) is 4.79 Å². The predicted molar refractivity (Wildman–Crippen MR) is 109 cm³/mol. The first-order valence-electron chi connectivity index (χ1n) is 9.54. The maximum Gasteiger partial charge on any atom is 0.222 e. The first kappa shape index (κ1) is 20.0. The topological polar surface area (TPSA) is 79.4 Å². The van der Waals surface area contributed by atoms with Crippen molar-refractivity contribution in [2.75, 3.05) is 44.7 Å². The molecule has 3 rings (SSSR count). The number of amides is 1. The number of aryl methyl sites for hydroxylation is 2. The van der Waals surface area contributed by atoms with Gasteiger partial charge in [-0.15, -0.1) is 11.3 Å². The Balaban J connectivity index is 1.75. The summed E-state index contributed by atoms with van der Waals surface area (Å²) in [5.41, 5.74) is 1.22. The molecule has 2 aromatic heterocycles. The van der Waals surface area contributed by atoms with Gasteiger partial charge in [-0.3, -0.25) is 9.69 Å². The van der Waals surface area contributed by atoms with Gasteiger partial charge >= 0.3 is 0 Å². The zero-order valence-electron chi connectivity index (χ0n) is 16.6. The fourth-order valence-electron chi connectivity index (χ4n) is 3.02. The number of nitrogens with zero attached hydrogens (tertiary/aromatic N) is 3. The van der Waals surface area contributed by atoms with E-state index < -0.39 is 0 Å². The number of carbonyl (C=O) groups excluding carboxylic acids is 1. The van der Waals surface area contributed by atoms with E-state index in [-0.39, 0.29) is 11.8 Å². The molecule has 1 saturated heterocycles.